The van der Waals surface area contributed by atoms with E-state index in [9.17, 15) is 18.0 Å². The number of carbonyl (C=O) groups is 1. The monoisotopic (exact) mass is 445 g/mol. The molecular weight excluding hydrogens is 427 g/mol. The van der Waals surface area contributed by atoms with E-state index in [0.29, 0.717) is 16.7 Å². The van der Waals surface area contributed by atoms with Gasteiger partial charge in [-0.15, -0.1) is 0 Å². The van der Waals surface area contributed by atoms with Crippen LogP contribution < -0.4 is 5.32 Å². The van der Waals surface area contributed by atoms with Crippen LogP contribution in [0.5, 0.6) is 0 Å². The lowest BCUT2D eigenvalue weighted by atomic mass is 10.1. The number of H-pyrrole nitrogens is 1. The predicted octanol–water partition coefficient (Wildman–Crippen LogP) is 4.95. The summed E-state index contributed by atoms with van der Waals surface area (Å²) in [5.74, 6) is -1.16. The minimum absolute atomic E-state index is 0.0796. The van der Waals surface area contributed by atoms with Crippen molar-refractivity contribution < 1.29 is 18.0 Å². The fourth-order valence-electron chi connectivity index (χ4n) is 3.43. The SMILES string of the molecule is CC(CNC(=O)c1c[nH]c(=S)n1-c1ccc(F)cc1)c1nc2ccccc2n1C(F)F. The molecule has 0 fully saturated rings. The maximum atomic E-state index is 13.7. The van der Waals surface area contributed by atoms with E-state index in [0.717, 1.165) is 4.57 Å². The molecule has 4 aromatic rings. The average molecular weight is 445 g/mol. The molecule has 1 unspecified atom stereocenters. The van der Waals surface area contributed by atoms with Gasteiger partial charge in [0.25, 0.3) is 5.91 Å². The van der Waals surface area contributed by atoms with Crippen LogP contribution in [0.15, 0.2) is 54.7 Å². The molecule has 2 heterocycles. The number of carbonyl (C=O) groups excluding carboxylic acids is 1. The van der Waals surface area contributed by atoms with E-state index in [1.807, 2.05) is 0 Å². The lowest BCUT2D eigenvalue weighted by Gasteiger charge is -2.15. The molecule has 0 aliphatic heterocycles. The lowest BCUT2D eigenvalue weighted by molar-refractivity contribution is 0.0703. The van der Waals surface area contributed by atoms with Crippen LogP contribution in [0.3, 0.4) is 0 Å². The first-order chi connectivity index (χ1) is 14.9. The number of para-hydroxylation sites is 2. The molecule has 0 saturated heterocycles. The number of aromatic nitrogens is 4. The van der Waals surface area contributed by atoms with E-state index in [2.05, 4.69) is 15.3 Å². The Kier molecular flexibility index (Phi) is 5.64. The number of fused-ring (bicyclic) bond motifs is 1. The quantitative estimate of drug-likeness (QED) is 0.413. The van der Waals surface area contributed by atoms with Crippen LogP contribution >= 0.6 is 12.2 Å². The summed E-state index contributed by atoms with van der Waals surface area (Å²) in [4.78, 5) is 19.9. The van der Waals surface area contributed by atoms with Crippen molar-refractivity contribution in [1.29, 1.82) is 0 Å². The Bertz CT molecular complexity index is 1290. The number of hydrogen-bond acceptors (Lipinski definition) is 3. The van der Waals surface area contributed by atoms with E-state index in [-0.39, 0.29) is 22.8 Å². The summed E-state index contributed by atoms with van der Waals surface area (Å²) in [5, 5.41) is 2.74. The Balaban J connectivity index is 1.57. The number of rotatable bonds is 6. The molecule has 0 aliphatic carbocycles. The second kappa shape index (κ2) is 8.38. The molecule has 0 bridgehead atoms. The summed E-state index contributed by atoms with van der Waals surface area (Å²) in [6.45, 7) is -0.964. The van der Waals surface area contributed by atoms with Gasteiger partial charge in [0.05, 0.1) is 11.0 Å². The third-order valence-corrected chi connectivity index (χ3v) is 5.22. The molecule has 2 aromatic heterocycles. The zero-order valence-electron chi connectivity index (χ0n) is 16.3. The summed E-state index contributed by atoms with van der Waals surface area (Å²) in [5.41, 5.74) is 1.53. The number of alkyl halides is 2. The number of amides is 1. The lowest BCUT2D eigenvalue weighted by Crippen LogP contribution is -2.30. The van der Waals surface area contributed by atoms with Gasteiger partial charge < -0.3 is 10.3 Å². The molecule has 31 heavy (non-hydrogen) atoms. The fourth-order valence-corrected chi connectivity index (χ4v) is 3.69. The molecule has 1 atom stereocenters. The number of hydrogen-bond donors (Lipinski definition) is 2. The summed E-state index contributed by atoms with van der Waals surface area (Å²) < 4.78 is 43.2. The summed E-state index contributed by atoms with van der Waals surface area (Å²) >= 11 is 5.24. The molecule has 4 rings (SSSR count). The van der Waals surface area contributed by atoms with Crippen LogP contribution in [0.25, 0.3) is 16.7 Å². The van der Waals surface area contributed by atoms with Gasteiger partial charge >= 0.3 is 6.55 Å². The van der Waals surface area contributed by atoms with Crippen molar-refractivity contribution in [2.75, 3.05) is 6.54 Å². The summed E-state index contributed by atoms with van der Waals surface area (Å²) in [7, 11) is 0. The number of imidazole rings is 2. The van der Waals surface area contributed by atoms with Crippen molar-refractivity contribution in [3.8, 4) is 5.69 Å². The van der Waals surface area contributed by atoms with Gasteiger partial charge in [-0.3, -0.25) is 13.9 Å². The molecule has 0 saturated carbocycles. The summed E-state index contributed by atoms with van der Waals surface area (Å²) in [6.07, 6.45) is 1.44. The van der Waals surface area contributed by atoms with Crippen LogP contribution in [0.1, 0.15) is 35.7 Å². The van der Waals surface area contributed by atoms with Gasteiger partial charge in [-0.1, -0.05) is 19.1 Å². The highest BCUT2D eigenvalue weighted by atomic mass is 32.1. The Morgan fingerprint density at radius 3 is 2.61 bits per heavy atom. The van der Waals surface area contributed by atoms with Crippen molar-refractivity contribution in [2.45, 2.75) is 19.4 Å². The molecule has 0 spiro atoms. The zero-order chi connectivity index (χ0) is 22.1. The normalized spacial score (nSPS) is 12.4. The maximum absolute atomic E-state index is 13.7. The molecule has 0 radical (unpaired) electrons. The van der Waals surface area contributed by atoms with Gasteiger partial charge in [0.15, 0.2) is 4.77 Å². The van der Waals surface area contributed by atoms with Crippen LogP contribution in [-0.2, 0) is 0 Å². The topological polar surface area (TPSA) is 67.6 Å². The number of nitrogens with one attached hydrogen (secondary N) is 2. The number of aromatic amines is 1. The van der Waals surface area contributed by atoms with E-state index in [1.165, 1.54) is 35.0 Å². The van der Waals surface area contributed by atoms with Crippen molar-refractivity contribution in [3.63, 3.8) is 0 Å². The highest BCUT2D eigenvalue weighted by molar-refractivity contribution is 7.71. The van der Waals surface area contributed by atoms with Crippen molar-refractivity contribution >= 4 is 29.2 Å². The Morgan fingerprint density at radius 2 is 1.90 bits per heavy atom. The van der Waals surface area contributed by atoms with Crippen LogP contribution in [0.2, 0.25) is 0 Å². The molecule has 2 N–H and O–H groups in total. The van der Waals surface area contributed by atoms with Crippen molar-refractivity contribution in [1.82, 2.24) is 24.4 Å². The number of nitrogens with zero attached hydrogens (tertiary/aromatic N) is 3. The molecule has 2 aromatic carbocycles. The minimum atomic E-state index is -2.76. The molecule has 160 valence electrons. The van der Waals surface area contributed by atoms with Crippen molar-refractivity contribution in [2.24, 2.45) is 0 Å². The first-order valence-electron chi connectivity index (χ1n) is 9.46. The number of halogens is 3. The van der Waals surface area contributed by atoms with E-state index < -0.39 is 24.2 Å². The number of benzene rings is 2. The van der Waals surface area contributed by atoms with Gasteiger partial charge in [-0.05, 0) is 48.6 Å². The maximum Gasteiger partial charge on any atom is 0.320 e. The van der Waals surface area contributed by atoms with Gasteiger partial charge in [-0.2, -0.15) is 8.78 Å². The standard InChI is InChI=1S/C21H18F3N5OS/c1-12(18-27-15-4-2-3-5-16(15)29(18)20(23)24)10-25-19(30)17-11-26-21(31)28(17)14-8-6-13(22)7-9-14/h2-9,11-12,20H,10H2,1H3,(H,25,30)(H,26,31). The highest BCUT2D eigenvalue weighted by Crippen LogP contribution is 2.27. The van der Waals surface area contributed by atoms with Gasteiger partial charge in [0.2, 0.25) is 0 Å². The van der Waals surface area contributed by atoms with Gasteiger partial charge in [-0.25, -0.2) is 9.37 Å². The average Bonchev–Trinajstić information content (AvgIpc) is 3.33. The molecule has 1 amide bonds. The Morgan fingerprint density at radius 1 is 1.19 bits per heavy atom. The van der Waals surface area contributed by atoms with Crippen LogP contribution in [0, 0.1) is 10.6 Å². The smallest absolute Gasteiger partial charge is 0.320 e. The minimum Gasteiger partial charge on any atom is -0.350 e. The van der Waals surface area contributed by atoms with Gasteiger partial charge in [0, 0.05) is 24.3 Å². The summed E-state index contributed by atoms with van der Waals surface area (Å²) in [6, 6.07) is 12.2. The van der Waals surface area contributed by atoms with Gasteiger partial charge in [0.1, 0.15) is 17.3 Å². The first kappa shape index (κ1) is 20.9. The van der Waals surface area contributed by atoms with Crippen molar-refractivity contribution in [3.05, 3.63) is 76.8 Å². The molecule has 6 nitrogen and oxygen atoms in total. The first-order valence-corrected chi connectivity index (χ1v) is 9.87. The van der Waals surface area contributed by atoms with E-state index in [4.69, 9.17) is 12.2 Å². The highest BCUT2D eigenvalue weighted by Gasteiger charge is 2.23. The Labute approximate surface area is 180 Å². The molecular formula is C21H18F3N5OS. The third-order valence-electron chi connectivity index (χ3n) is 4.92. The Hall–Kier alpha value is -3.40. The third kappa shape index (κ3) is 3.98. The van der Waals surface area contributed by atoms with E-state index >= 15 is 0 Å². The largest absolute Gasteiger partial charge is 0.350 e. The molecule has 10 heteroatoms. The van der Waals surface area contributed by atoms with Crippen LogP contribution in [0.4, 0.5) is 13.2 Å². The molecule has 0 aliphatic rings. The fraction of sp³-hybridized carbons (Fsp3) is 0.190. The van der Waals surface area contributed by atoms with Crippen LogP contribution in [-0.4, -0.2) is 31.6 Å². The predicted molar refractivity (Wildman–Crippen MR) is 113 cm³/mol. The van der Waals surface area contributed by atoms with E-state index in [1.54, 1.807) is 31.2 Å². The zero-order valence-corrected chi connectivity index (χ0v) is 17.2. The second-order valence-electron chi connectivity index (χ2n) is 7.01. The second-order valence-corrected chi connectivity index (χ2v) is 7.40.